The van der Waals surface area contributed by atoms with Crippen molar-refractivity contribution in [3.63, 3.8) is 0 Å². The Balaban J connectivity index is 2.90. The van der Waals surface area contributed by atoms with E-state index in [-0.39, 0.29) is 10.7 Å². The maximum Gasteiger partial charge on any atom is 0.241 e. The van der Waals surface area contributed by atoms with Crippen molar-refractivity contribution in [2.75, 3.05) is 0 Å². The van der Waals surface area contributed by atoms with Gasteiger partial charge in [0.05, 0.1) is 10.9 Å². The molecule has 0 aliphatic carbocycles. The van der Waals surface area contributed by atoms with Gasteiger partial charge in [-0.2, -0.15) is 0 Å². The van der Waals surface area contributed by atoms with Crippen molar-refractivity contribution in [1.29, 1.82) is 5.41 Å². The molecule has 0 radical (unpaired) electrons. The Hall–Kier alpha value is -1.40. The van der Waals surface area contributed by atoms with Crippen LogP contribution in [0.25, 0.3) is 0 Å². The first-order valence-corrected chi connectivity index (χ1v) is 7.84. The molecule has 0 spiro atoms. The van der Waals surface area contributed by atoms with Crippen molar-refractivity contribution in [2.24, 2.45) is 5.73 Å². The van der Waals surface area contributed by atoms with Crippen LogP contribution in [0.2, 0.25) is 0 Å². The topological polar surface area (TPSA) is 96.0 Å². The van der Waals surface area contributed by atoms with Gasteiger partial charge in [0, 0.05) is 0 Å². The molecule has 0 heterocycles. The molecule has 1 unspecified atom stereocenters. The zero-order chi connectivity index (χ0) is 14.5. The summed E-state index contributed by atoms with van der Waals surface area (Å²) in [7, 11) is -3.62. The van der Waals surface area contributed by atoms with Gasteiger partial charge >= 0.3 is 0 Å². The molecule has 106 valence electrons. The lowest BCUT2D eigenvalue weighted by Crippen LogP contribution is -2.43. The summed E-state index contributed by atoms with van der Waals surface area (Å²) in [6.45, 7) is 3.85. The number of sulfonamides is 1. The van der Waals surface area contributed by atoms with Crippen LogP contribution in [0.4, 0.5) is 0 Å². The van der Waals surface area contributed by atoms with Crippen molar-refractivity contribution in [2.45, 2.75) is 44.0 Å². The van der Waals surface area contributed by atoms with Crippen molar-refractivity contribution >= 4 is 15.9 Å². The van der Waals surface area contributed by atoms with Gasteiger partial charge in [0.2, 0.25) is 10.0 Å². The second-order valence-corrected chi connectivity index (χ2v) is 6.15. The van der Waals surface area contributed by atoms with Crippen LogP contribution < -0.4 is 10.5 Å². The van der Waals surface area contributed by atoms with E-state index in [0.29, 0.717) is 6.42 Å². The van der Waals surface area contributed by atoms with Gasteiger partial charge in [-0.25, -0.2) is 13.1 Å². The molecule has 0 saturated carbocycles. The normalized spacial score (nSPS) is 13.2. The number of hydrogen-bond donors (Lipinski definition) is 3. The molecule has 6 heteroatoms. The molecular formula is C13H21N3O2S. The van der Waals surface area contributed by atoms with Crippen LogP contribution >= 0.6 is 0 Å². The molecule has 0 fully saturated rings. The van der Waals surface area contributed by atoms with E-state index in [1.165, 1.54) is 0 Å². The number of nitrogens with two attached hydrogens (primary N) is 1. The molecule has 5 nitrogen and oxygen atoms in total. The van der Waals surface area contributed by atoms with E-state index in [9.17, 15) is 8.42 Å². The molecule has 19 heavy (non-hydrogen) atoms. The Bertz CT molecular complexity index is 523. The quantitative estimate of drug-likeness (QED) is 0.524. The van der Waals surface area contributed by atoms with Crippen molar-refractivity contribution in [1.82, 2.24) is 4.72 Å². The van der Waals surface area contributed by atoms with Crippen LogP contribution in [0.5, 0.6) is 0 Å². The van der Waals surface area contributed by atoms with Crippen molar-refractivity contribution < 1.29 is 8.42 Å². The highest BCUT2D eigenvalue weighted by Gasteiger charge is 2.20. The largest absolute Gasteiger partial charge is 0.386 e. The monoisotopic (exact) mass is 283 g/mol. The lowest BCUT2D eigenvalue weighted by Gasteiger charge is -2.15. The zero-order valence-electron chi connectivity index (χ0n) is 11.3. The number of hydrogen-bond acceptors (Lipinski definition) is 3. The van der Waals surface area contributed by atoms with Gasteiger partial charge in [-0.15, -0.1) is 0 Å². The number of aryl methyl sites for hydroxylation is 1. The van der Waals surface area contributed by atoms with Gasteiger partial charge in [-0.1, -0.05) is 32.4 Å². The van der Waals surface area contributed by atoms with Gasteiger partial charge in [0.15, 0.2) is 0 Å². The number of rotatable bonds is 7. The first-order valence-electron chi connectivity index (χ1n) is 6.35. The Morgan fingerprint density at radius 2 is 1.89 bits per heavy atom. The smallest absolute Gasteiger partial charge is 0.241 e. The molecule has 0 aliphatic heterocycles. The zero-order valence-corrected chi connectivity index (χ0v) is 12.1. The van der Waals surface area contributed by atoms with E-state index in [1.807, 2.05) is 12.1 Å². The number of benzene rings is 1. The van der Waals surface area contributed by atoms with Crippen LogP contribution in [0.15, 0.2) is 29.2 Å². The van der Waals surface area contributed by atoms with Crippen LogP contribution in [0, 0.1) is 5.41 Å². The molecule has 1 atom stereocenters. The Labute approximate surface area is 114 Å². The highest BCUT2D eigenvalue weighted by atomic mass is 32.2. The fourth-order valence-corrected chi connectivity index (χ4v) is 3.04. The average molecular weight is 283 g/mol. The second-order valence-electron chi connectivity index (χ2n) is 4.43. The molecule has 0 aromatic heterocycles. The van der Waals surface area contributed by atoms with Crippen LogP contribution in [-0.4, -0.2) is 20.3 Å². The predicted octanol–water partition coefficient (Wildman–Crippen LogP) is 1.63. The average Bonchev–Trinajstić information content (AvgIpc) is 2.37. The summed E-state index contributed by atoms with van der Waals surface area (Å²) in [6, 6.07) is 6.14. The van der Waals surface area contributed by atoms with Crippen molar-refractivity contribution in [3.8, 4) is 0 Å². The summed E-state index contributed by atoms with van der Waals surface area (Å²) in [6.07, 6.45) is 2.40. The molecular weight excluding hydrogens is 262 g/mol. The molecule has 1 rings (SSSR count). The molecule has 0 aliphatic rings. The predicted molar refractivity (Wildman–Crippen MR) is 76.8 cm³/mol. The van der Waals surface area contributed by atoms with E-state index in [4.69, 9.17) is 11.1 Å². The summed E-state index contributed by atoms with van der Waals surface area (Å²) >= 11 is 0. The summed E-state index contributed by atoms with van der Waals surface area (Å²) in [4.78, 5) is 0.201. The minimum Gasteiger partial charge on any atom is -0.386 e. The Kier molecular flexibility index (Phi) is 5.50. The molecule has 0 saturated heterocycles. The maximum absolute atomic E-state index is 12.1. The fourth-order valence-electron chi connectivity index (χ4n) is 1.75. The maximum atomic E-state index is 12.1. The summed E-state index contributed by atoms with van der Waals surface area (Å²) in [5, 5.41) is 7.33. The fraction of sp³-hybridized carbons (Fsp3) is 0.462. The highest BCUT2D eigenvalue weighted by Crippen LogP contribution is 2.12. The van der Waals surface area contributed by atoms with E-state index in [1.54, 1.807) is 19.1 Å². The van der Waals surface area contributed by atoms with Crippen LogP contribution in [-0.2, 0) is 16.4 Å². The molecule has 0 amide bonds. The Morgan fingerprint density at radius 1 is 1.32 bits per heavy atom. The van der Waals surface area contributed by atoms with E-state index in [0.717, 1.165) is 18.4 Å². The standard InChI is InChI=1S/C13H21N3O2S/c1-3-5-10-6-8-11(9-7-10)19(17,18)16-12(4-2)13(14)15/h6-9,12,16H,3-5H2,1-2H3,(H3,14,15). The highest BCUT2D eigenvalue weighted by molar-refractivity contribution is 7.89. The lowest BCUT2D eigenvalue weighted by molar-refractivity contribution is 0.571. The molecule has 1 aromatic rings. The van der Waals surface area contributed by atoms with Crippen LogP contribution in [0.1, 0.15) is 32.3 Å². The number of nitrogens with one attached hydrogen (secondary N) is 2. The third-order valence-corrected chi connectivity index (χ3v) is 4.34. The lowest BCUT2D eigenvalue weighted by atomic mass is 10.1. The van der Waals surface area contributed by atoms with E-state index >= 15 is 0 Å². The first-order chi connectivity index (χ1) is 8.90. The summed E-state index contributed by atoms with van der Waals surface area (Å²) in [5.41, 5.74) is 6.46. The Morgan fingerprint density at radius 3 is 2.32 bits per heavy atom. The SMILES string of the molecule is CCCc1ccc(S(=O)(=O)NC(CC)C(=N)N)cc1. The summed E-state index contributed by atoms with van der Waals surface area (Å²) in [5.74, 6) is -0.173. The molecule has 0 bridgehead atoms. The van der Waals surface area contributed by atoms with Gasteiger partial charge in [0.25, 0.3) is 0 Å². The molecule has 4 N–H and O–H groups in total. The first kappa shape index (κ1) is 15.7. The third-order valence-electron chi connectivity index (χ3n) is 2.85. The van der Waals surface area contributed by atoms with Gasteiger partial charge in [0.1, 0.15) is 5.84 Å². The number of amidine groups is 1. The third kappa shape index (κ3) is 4.33. The van der Waals surface area contributed by atoms with Crippen molar-refractivity contribution in [3.05, 3.63) is 29.8 Å². The van der Waals surface area contributed by atoms with Gasteiger partial charge in [-0.3, -0.25) is 5.41 Å². The van der Waals surface area contributed by atoms with Gasteiger partial charge < -0.3 is 5.73 Å². The summed E-state index contributed by atoms with van der Waals surface area (Å²) < 4.78 is 26.7. The molecule has 1 aromatic carbocycles. The van der Waals surface area contributed by atoms with Crippen LogP contribution in [0.3, 0.4) is 0 Å². The minimum absolute atomic E-state index is 0.173. The minimum atomic E-state index is -3.62. The van der Waals surface area contributed by atoms with Gasteiger partial charge in [-0.05, 0) is 30.5 Å². The second kappa shape index (κ2) is 6.68. The van der Waals surface area contributed by atoms with E-state index < -0.39 is 16.1 Å². The van der Waals surface area contributed by atoms with E-state index in [2.05, 4.69) is 11.6 Å².